The topological polar surface area (TPSA) is 59.0 Å². The zero-order valence-electron chi connectivity index (χ0n) is 10.3. The second-order valence-electron chi connectivity index (χ2n) is 4.43. The molecule has 0 aliphatic carbocycles. The van der Waals surface area contributed by atoms with E-state index >= 15 is 0 Å². The molecule has 1 aromatic heterocycles. The van der Waals surface area contributed by atoms with Crippen molar-refractivity contribution in [3.63, 3.8) is 0 Å². The molecule has 1 unspecified atom stereocenters. The SMILES string of the molecule is CCn1cc(NC(=O)C2CCCCCN2)cn1. The van der Waals surface area contributed by atoms with Crippen molar-refractivity contribution in [2.24, 2.45) is 0 Å². The van der Waals surface area contributed by atoms with E-state index < -0.39 is 0 Å². The first-order valence-corrected chi connectivity index (χ1v) is 6.36. The third-order valence-electron chi connectivity index (χ3n) is 3.10. The fraction of sp³-hybridized carbons (Fsp3) is 0.667. The molecule has 1 aromatic rings. The largest absolute Gasteiger partial charge is 0.322 e. The van der Waals surface area contributed by atoms with Gasteiger partial charge in [0, 0.05) is 12.7 Å². The first kappa shape index (κ1) is 12.1. The Bertz CT molecular complexity index is 366. The maximum Gasteiger partial charge on any atom is 0.241 e. The van der Waals surface area contributed by atoms with E-state index in [1.807, 2.05) is 13.1 Å². The van der Waals surface area contributed by atoms with Crippen LogP contribution in [0.25, 0.3) is 0 Å². The third kappa shape index (κ3) is 3.30. The Morgan fingerprint density at radius 1 is 1.59 bits per heavy atom. The second kappa shape index (κ2) is 5.82. The van der Waals surface area contributed by atoms with Gasteiger partial charge in [0.05, 0.1) is 17.9 Å². The lowest BCUT2D eigenvalue weighted by molar-refractivity contribution is -0.118. The molecule has 0 radical (unpaired) electrons. The highest BCUT2D eigenvalue weighted by Gasteiger charge is 2.19. The quantitative estimate of drug-likeness (QED) is 0.833. The first-order chi connectivity index (χ1) is 8.29. The highest BCUT2D eigenvalue weighted by molar-refractivity contribution is 5.94. The molecule has 1 amide bonds. The van der Waals surface area contributed by atoms with Gasteiger partial charge in [-0.2, -0.15) is 5.10 Å². The Labute approximate surface area is 102 Å². The van der Waals surface area contributed by atoms with Gasteiger partial charge in [-0.15, -0.1) is 0 Å². The zero-order valence-corrected chi connectivity index (χ0v) is 10.3. The molecule has 5 nitrogen and oxygen atoms in total. The summed E-state index contributed by atoms with van der Waals surface area (Å²) in [6.07, 6.45) is 7.97. The molecule has 5 heteroatoms. The van der Waals surface area contributed by atoms with Crippen molar-refractivity contribution < 1.29 is 4.79 Å². The summed E-state index contributed by atoms with van der Waals surface area (Å²) in [7, 11) is 0. The van der Waals surface area contributed by atoms with Gasteiger partial charge in [-0.25, -0.2) is 0 Å². The Hall–Kier alpha value is -1.36. The summed E-state index contributed by atoms with van der Waals surface area (Å²) in [6, 6.07) is -0.0533. The van der Waals surface area contributed by atoms with E-state index in [0.717, 1.165) is 38.0 Å². The number of hydrogen-bond donors (Lipinski definition) is 2. The van der Waals surface area contributed by atoms with Crippen LogP contribution in [0.1, 0.15) is 32.6 Å². The van der Waals surface area contributed by atoms with E-state index in [0.29, 0.717) is 0 Å². The van der Waals surface area contributed by atoms with Crippen molar-refractivity contribution in [2.75, 3.05) is 11.9 Å². The van der Waals surface area contributed by atoms with Crippen LogP contribution in [-0.2, 0) is 11.3 Å². The summed E-state index contributed by atoms with van der Waals surface area (Å²) < 4.78 is 1.80. The van der Waals surface area contributed by atoms with Gasteiger partial charge >= 0.3 is 0 Å². The number of hydrogen-bond acceptors (Lipinski definition) is 3. The first-order valence-electron chi connectivity index (χ1n) is 6.36. The van der Waals surface area contributed by atoms with Gasteiger partial charge in [0.25, 0.3) is 0 Å². The lowest BCUT2D eigenvalue weighted by Gasteiger charge is -2.14. The maximum absolute atomic E-state index is 12.0. The van der Waals surface area contributed by atoms with Crippen LogP contribution in [0.3, 0.4) is 0 Å². The van der Waals surface area contributed by atoms with Gasteiger partial charge in [-0.05, 0) is 26.3 Å². The predicted molar refractivity (Wildman–Crippen MR) is 66.8 cm³/mol. The molecule has 0 bridgehead atoms. The Morgan fingerprint density at radius 2 is 2.47 bits per heavy atom. The normalized spacial score (nSPS) is 20.9. The van der Waals surface area contributed by atoms with Crippen molar-refractivity contribution >= 4 is 11.6 Å². The van der Waals surface area contributed by atoms with E-state index in [2.05, 4.69) is 15.7 Å². The van der Waals surface area contributed by atoms with E-state index in [1.54, 1.807) is 10.9 Å². The van der Waals surface area contributed by atoms with Gasteiger partial charge in [-0.3, -0.25) is 9.48 Å². The van der Waals surface area contributed by atoms with Crippen molar-refractivity contribution in [1.82, 2.24) is 15.1 Å². The number of carbonyl (C=O) groups is 1. The van der Waals surface area contributed by atoms with Gasteiger partial charge in [0.2, 0.25) is 5.91 Å². The summed E-state index contributed by atoms with van der Waals surface area (Å²) in [5.74, 6) is 0.0579. The summed E-state index contributed by atoms with van der Waals surface area (Å²) in [4.78, 5) is 12.0. The second-order valence-corrected chi connectivity index (χ2v) is 4.43. The fourth-order valence-electron chi connectivity index (χ4n) is 2.08. The molecule has 1 fully saturated rings. The summed E-state index contributed by atoms with van der Waals surface area (Å²) in [6.45, 7) is 3.77. The number of aryl methyl sites for hydroxylation is 1. The molecule has 2 heterocycles. The lowest BCUT2D eigenvalue weighted by atomic mass is 10.1. The molecule has 17 heavy (non-hydrogen) atoms. The number of carbonyl (C=O) groups excluding carboxylic acids is 1. The number of aromatic nitrogens is 2. The minimum atomic E-state index is -0.0533. The number of amides is 1. The van der Waals surface area contributed by atoms with E-state index in [1.165, 1.54) is 6.42 Å². The fourth-order valence-corrected chi connectivity index (χ4v) is 2.08. The molecule has 2 rings (SSSR count). The number of nitrogens with one attached hydrogen (secondary N) is 2. The number of rotatable bonds is 3. The summed E-state index contributed by atoms with van der Waals surface area (Å²) in [5, 5.41) is 10.3. The van der Waals surface area contributed by atoms with Crippen molar-refractivity contribution in [3.8, 4) is 0 Å². The number of nitrogens with zero attached hydrogens (tertiary/aromatic N) is 2. The highest BCUT2D eigenvalue weighted by atomic mass is 16.2. The van der Waals surface area contributed by atoms with Gasteiger partial charge < -0.3 is 10.6 Å². The number of anilines is 1. The Kier molecular flexibility index (Phi) is 4.14. The van der Waals surface area contributed by atoms with E-state index in [4.69, 9.17) is 0 Å². The monoisotopic (exact) mass is 236 g/mol. The van der Waals surface area contributed by atoms with Crippen LogP contribution in [0, 0.1) is 0 Å². The van der Waals surface area contributed by atoms with E-state index in [9.17, 15) is 4.79 Å². The minimum Gasteiger partial charge on any atom is -0.322 e. The van der Waals surface area contributed by atoms with Crippen molar-refractivity contribution in [1.29, 1.82) is 0 Å². The molecule has 0 saturated carbocycles. The average Bonchev–Trinajstić information content (AvgIpc) is 2.62. The van der Waals surface area contributed by atoms with E-state index in [-0.39, 0.29) is 11.9 Å². The highest BCUT2D eigenvalue weighted by Crippen LogP contribution is 2.11. The van der Waals surface area contributed by atoms with Crippen LogP contribution >= 0.6 is 0 Å². The zero-order chi connectivity index (χ0) is 12.1. The van der Waals surface area contributed by atoms with Gasteiger partial charge in [-0.1, -0.05) is 12.8 Å². The van der Waals surface area contributed by atoms with Crippen molar-refractivity contribution in [2.45, 2.75) is 45.2 Å². The molecule has 1 aliphatic rings. The Morgan fingerprint density at radius 3 is 3.24 bits per heavy atom. The molecule has 0 aromatic carbocycles. The Balaban J connectivity index is 1.90. The average molecular weight is 236 g/mol. The smallest absolute Gasteiger partial charge is 0.241 e. The predicted octanol–water partition coefficient (Wildman–Crippen LogP) is 1.37. The summed E-state index contributed by atoms with van der Waals surface area (Å²) in [5.41, 5.74) is 0.780. The molecule has 94 valence electrons. The third-order valence-corrected chi connectivity index (χ3v) is 3.10. The molecular formula is C12H20N4O. The minimum absolute atomic E-state index is 0.0533. The van der Waals surface area contributed by atoms with Gasteiger partial charge in [0.15, 0.2) is 0 Å². The standard InChI is InChI=1S/C12H20N4O/c1-2-16-9-10(8-14-16)15-12(17)11-6-4-3-5-7-13-11/h8-9,11,13H,2-7H2,1H3,(H,15,17). The van der Waals surface area contributed by atoms with Crippen LogP contribution in [-0.4, -0.2) is 28.3 Å². The van der Waals surface area contributed by atoms with Crippen molar-refractivity contribution in [3.05, 3.63) is 12.4 Å². The molecule has 1 aliphatic heterocycles. The van der Waals surface area contributed by atoms with Crippen LogP contribution in [0.2, 0.25) is 0 Å². The van der Waals surface area contributed by atoms with Crippen LogP contribution in [0.15, 0.2) is 12.4 Å². The molecule has 1 atom stereocenters. The molecule has 0 spiro atoms. The molecular weight excluding hydrogens is 216 g/mol. The summed E-state index contributed by atoms with van der Waals surface area (Å²) >= 11 is 0. The van der Waals surface area contributed by atoms with Crippen LogP contribution in [0.4, 0.5) is 5.69 Å². The van der Waals surface area contributed by atoms with Gasteiger partial charge in [0.1, 0.15) is 0 Å². The lowest BCUT2D eigenvalue weighted by Crippen LogP contribution is -2.39. The van der Waals surface area contributed by atoms with Crippen LogP contribution < -0.4 is 10.6 Å². The maximum atomic E-state index is 12.0. The van der Waals surface area contributed by atoms with Crippen LogP contribution in [0.5, 0.6) is 0 Å². The molecule has 2 N–H and O–H groups in total. The molecule has 1 saturated heterocycles.